The molecule has 22 heavy (non-hydrogen) atoms. The fraction of sp³-hybridized carbons (Fsp3) is 0.571. The molecule has 0 amide bonds. The second-order valence-electron chi connectivity index (χ2n) is 5.33. The van der Waals surface area contributed by atoms with E-state index < -0.39 is 0 Å². The molecule has 2 N–H and O–H groups in total. The van der Waals surface area contributed by atoms with E-state index in [4.69, 9.17) is 11.6 Å². The number of pyridine rings is 1. The van der Waals surface area contributed by atoms with Crippen LogP contribution < -0.4 is 5.32 Å². The van der Waals surface area contributed by atoms with Crippen molar-refractivity contribution in [2.45, 2.75) is 44.4 Å². The van der Waals surface area contributed by atoms with Crippen LogP contribution in [0.1, 0.15) is 25.7 Å². The van der Waals surface area contributed by atoms with Crippen molar-refractivity contribution in [1.29, 1.82) is 0 Å². The first-order chi connectivity index (χ1) is 9.74. The third-order valence-corrected chi connectivity index (χ3v) is 4.12. The number of halogens is 3. The van der Waals surface area contributed by atoms with Crippen LogP contribution in [0.2, 0.25) is 5.15 Å². The average Bonchev–Trinajstić information content (AvgIpc) is 2.83. The van der Waals surface area contributed by atoms with Gasteiger partial charge in [0, 0.05) is 12.6 Å². The lowest BCUT2D eigenvalue weighted by atomic mass is 9.97. The summed E-state index contributed by atoms with van der Waals surface area (Å²) >= 11 is 5.85. The predicted molar refractivity (Wildman–Crippen MR) is 93.3 cm³/mol. The highest BCUT2D eigenvalue weighted by Crippen LogP contribution is 2.17. The van der Waals surface area contributed by atoms with E-state index >= 15 is 0 Å². The van der Waals surface area contributed by atoms with Gasteiger partial charge in [0.05, 0.1) is 17.9 Å². The topological polar surface area (TPSA) is 63.0 Å². The first-order valence-electron chi connectivity index (χ1n) is 7.13. The Morgan fingerprint density at radius 1 is 1.36 bits per heavy atom. The number of fused-ring (bicyclic) bond motifs is 1. The fourth-order valence-electron chi connectivity index (χ4n) is 2.81. The maximum absolute atomic E-state index is 9.92. The minimum Gasteiger partial charge on any atom is -0.392 e. The van der Waals surface area contributed by atoms with Crippen molar-refractivity contribution in [2.24, 2.45) is 0 Å². The lowest BCUT2D eigenvalue weighted by Gasteiger charge is -2.28. The maximum atomic E-state index is 9.92. The minimum absolute atomic E-state index is 0. The van der Waals surface area contributed by atoms with Crippen molar-refractivity contribution in [2.75, 3.05) is 6.54 Å². The van der Waals surface area contributed by atoms with Crippen molar-refractivity contribution < 1.29 is 5.11 Å². The molecular formula is C14H21Cl3N4O. The number of piperidine rings is 1. The highest BCUT2D eigenvalue weighted by molar-refractivity contribution is 6.29. The van der Waals surface area contributed by atoms with Crippen LogP contribution in [-0.2, 0) is 6.54 Å². The summed E-state index contributed by atoms with van der Waals surface area (Å²) in [5, 5.41) is 13.8. The van der Waals surface area contributed by atoms with Crippen LogP contribution in [0.3, 0.4) is 0 Å². The zero-order valence-corrected chi connectivity index (χ0v) is 14.5. The van der Waals surface area contributed by atoms with Gasteiger partial charge in [-0.2, -0.15) is 0 Å². The highest BCUT2D eigenvalue weighted by Gasteiger charge is 2.21. The van der Waals surface area contributed by atoms with Crippen LogP contribution in [0, 0.1) is 0 Å². The van der Waals surface area contributed by atoms with Gasteiger partial charge in [-0.3, -0.25) is 0 Å². The SMILES string of the molecule is Cl.Cl.O[C@H]1CCCN[C@@H]1CCCn1cnc2nc(Cl)ccc21. The number of nitrogens with one attached hydrogen (secondary N) is 1. The molecule has 1 aliphatic heterocycles. The smallest absolute Gasteiger partial charge is 0.179 e. The van der Waals surface area contributed by atoms with Gasteiger partial charge < -0.3 is 15.0 Å². The number of aliphatic hydroxyl groups excluding tert-OH is 1. The molecule has 3 rings (SSSR count). The summed E-state index contributed by atoms with van der Waals surface area (Å²) in [5.41, 5.74) is 1.69. The molecule has 0 bridgehead atoms. The van der Waals surface area contributed by atoms with Crippen molar-refractivity contribution in [3.8, 4) is 0 Å². The van der Waals surface area contributed by atoms with Gasteiger partial charge in [0.1, 0.15) is 5.15 Å². The van der Waals surface area contributed by atoms with Crippen molar-refractivity contribution >= 4 is 47.6 Å². The van der Waals surface area contributed by atoms with E-state index in [-0.39, 0.29) is 37.0 Å². The maximum Gasteiger partial charge on any atom is 0.179 e. The Kier molecular flexibility index (Phi) is 7.86. The molecule has 2 aromatic rings. The van der Waals surface area contributed by atoms with Gasteiger partial charge in [0.15, 0.2) is 5.65 Å². The molecule has 0 radical (unpaired) electrons. The molecule has 0 aliphatic carbocycles. The molecule has 0 aromatic carbocycles. The van der Waals surface area contributed by atoms with E-state index in [0.717, 1.165) is 44.3 Å². The van der Waals surface area contributed by atoms with Crippen LogP contribution in [-0.4, -0.2) is 38.3 Å². The van der Waals surface area contributed by atoms with Gasteiger partial charge in [0.25, 0.3) is 0 Å². The first-order valence-corrected chi connectivity index (χ1v) is 7.50. The number of rotatable bonds is 4. The highest BCUT2D eigenvalue weighted by atomic mass is 35.5. The van der Waals surface area contributed by atoms with Crippen LogP contribution in [0.4, 0.5) is 0 Å². The van der Waals surface area contributed by atoms with Gasteiger partial charge in [-0.15, -0.1) is 24.8 Å². The molecule has 2 atom stereocenters. The van der Waals surface area contributed by atoms with E-state index in [1.165, 1.54) is 0 Å². The fourth-order valence-corrected chi connectivity index (χ4v) is 2.96. The number of imidazole rings is 1. The Morgan fingerprint density at radius 3 is 2.95 bits per heavy atom. The van der Waals surface area contributed by atoms with Gasteiger partial charge in [-0.1, -0.05) is 11.6 Å². The zero-order chi connectivity index (χ0) is 13.9. The summed E-state index contributed by atoms with van der Waals surface area (Å²) in [4.78, 5) is 8.45. The van der Waals surface area contributed by atoms with Crippen LogP contribution in [0.5, 0.6) is 0 Å². The molecule has 1 saturated heterocycles. The Morgan fingerprint density at radius 2 is 2.18 bits per heavy atom. The number of aryl methyl sites for hydroxylation is 1. The van der Waals surface area contributed by atoms with Crippen LogP contribution in [0.25, 0.3) is 11.2 Å². The largest absolute Gasteiger partial charge is 0.392 e. The summed E-state index contributed by atoms with van der Waals surface area (Å²) in [6, 6.07) is 3.96. The lowest BCUT2D eigenvalue weighted by Crippen LogP contribution is -2.44. The van der Waals surface area contributed by atoms with Gasteiger partial charge in [-0.05, 0) is 44.4 Å². The Bertz CT molecular complexity index is 592. The minimum atomic E-state index is -0.205. The summed E-state index contributed by atoms with van der Waals surface area (Å²) < 4.78 is 2.09. The van der Waals surface area contributed by atoms with Crippen molar-refractivity contribution in [3.63, 3.8) is 0 Å². The molecule has 0 spiro atoms. The summed E-state index contributed by atoms with van der Waals surface area (Å²) in [6.45, 7) is 1.89. The van der Waals surface area contributed by atoms with E-state index in [0.29, 0.717) is 10.8 Å². The molecule has 2 aromatic heterocycles. The number of aliphatic hydroxyl groups is 1. The third kappa shape index (κ3) is 4.46. The molecule has 1 aliphatic rings. The van der Waals surface area contributed by atoms with Crippen LogP contribution >= 0.6 is 36.4 Å². The quantitative estimate of drug-likeness (QED) is 0.816. The van der Waals surface area contributed by atoms with Gasteiger partial charge in [-0.25, -0.2) is 9.97 Å². The van der Waals surface area contributed by atoms with E-state index in [2.05, 4.69) is 19.9 Å². The zero-order valence-electron chi connectivity index (χ0n) is 12.1. The Labute approximate surface area is 147 Å². The molecule has 0 saturated carbocycles. The van der Waals surface area contributed by atoms with Gasteiger partial charge in [0.2, 0.25) is 0 Å². The van der Waals surface area contributed by atoms with E-state index in [1.807, 2.05) is 6.07 Å². The number of hydrogen-bond acceptors (Lipinski definition) is 4. The summed E-state index contributed by atoms with van der Waals surface area (Å²) in [7, 11) is 0. The second kappa shape index (κ2) is 8.89. The molecule has 3 heterocycles. The number of nitrogens with zero attached hydrogens (tertiary/aromatic N) is 3. The second-order valence-corrected chi connectivity index (χ2v) is 5.71. The van der Waals surface area contributed by atoms with Crippen molar-refractivity contribution in [1.82, 2.24) is 19.9 Å². The van der Waals surface area contributed by atoms with Crippen molar-refractivity contribution in [3.05, 3.63) is 23.6 Å². The molecule has 5 nitrogen and oxygen atoms in total. The monoisotopic (exact) mass is 366 g/mol. The standard InChI is InChI=1S/C14H19ClN4O.2ClH/c15-13-6-5-11-14(18-13)17-9-19(11)8-2-3-10-12(20)4-1-7-16-10;;/h5-6,9-10,12,16,20H,1-4,7-8H2;2*1H/t10-,12+;;/m1../s1. The Hall–Kier alpha value is -0.590. The molecule has 124 valence electrons. The Balaban J connectivity index is 0.00000121. The third-order valence-electron chi connectivity index (χ3n) is 3.91. The summed E-state index contributed by atoms with van der Waals surface area (Å²) in [6.07, 6.45) is 5.55. The number of aromatic nitrogens is 3. The normalized spacial score (nSPS) is 21.2. The predicted octanol–water partition coefficient (Wildman–Crippen LogP) is 2.82. The van der Waals surface area contributed by atoms with Gasteiger partial charge >= 0.3 is 0 Å². The molecular weight excluding hydrogens is 347 g/mol. The molecule has 0 unspecified atom stereocenters. The molecule has 8 heteroatoms. The summed E-state index contributed by atoms with van der Waals surface area (Å²) in [5.74, 6) is 0. The number of hydrogen-bond donors (Lipinski definition) is 2. The average molecular weight is 368 g/mol. The van der Waals surface area contributed by atoms with E-state index in [1.54, 1.807) is 12.4 Å². The van der Waals surface area contributed by atoms with E-state index in [9.17, 15) is 5.11 Å². The lowest BCUT2D eigenvalue weighted by molar-refractivity contribution is 0.0909. The first kappa shape index (κ1) is 19.5. The van der Waals surface area contributed by atoms with Crippen LogP contribution in [0.15, 0.2) is 18.5 Å². The molecule has 1 fully saturated rings.